The molecule has 0 saturated heterocycles. The van der Waals surface area contributed by atoms with Gasteiger partial charge < -0.3 is 14.6 Å². The van der Waals surface area contributed by atoms with Crippen molar-refractivity contribution in [1.82, 2.24) is 0 Å². The molecule has 0 aromatic carbocycles. The van der Waals surface area contributed by atoms with Crippen LogP contribution in [0, 0.1) is 17.3 Å². The lowest BCUT2D eigenvalue weighted by Crippen LogP contribution is -2.48. The Balaban J connectivity index is 0.000000359. The summed E-state index contributed by atoms with van der Waals surface area (Å²) >= 11 is 0. The molecule has 5 nitrogen and oxygen atoms in total. The number of hydrogen-bond acceptors (Lipinski definition) is 5. The number of methoxy groups -OCH3 is 1. The quantitative estimate of drug-likeness (QED) is 0.355. The van der Waals surface area contributed by atoms with Gasteiger partial charge >= 0.3 is 11.9 Å². The molecule has 2 bridgehead atoms. The zero-order valence-electron chi connectivity index (χ0n) is 15.8. The molecular formula is C20H32O5. The fraction of sp³-hybridized carbons (Fsp3) is 0.600. The first-order chi connectivity index (χ1) is 11.7. The summed E-state index contributed by atoms with van der Waals surface area (Å²) in [6.45, 7) is 15.6. The van der Waals surface area contributed by atoms with Crippen molar-refractivity contribution < 1.29 is 24.2 Å². The maximum Gasteiger partial charge on any atom is 0.330 e. The van der Waals surface area contributed by atoms with Gasteiger partial charge in [-0.1, -0.05) is 39.2 Å². The molecule has 1 N–H and O–H groups in total. The van der Waals surface area contributed by atoms with Crippen LogP contribution in [0.5, 0.6) is 0 Å². The molecule has 0 amide bonds. The Hall–Kier alpha value is -1.88. The van der Waals surface area contributed by atoms with Crippen LogP contribution >= 0.6 is 0 Å². The number of aliphatic hydroxyl groups is 1. The summed E-state index contributed by atoms with van der Waals surface area (Å²) in [4.78, 5) is 20.1. The van der Waals surface area contributed by atoms with Gasteiger partial charge in [0.15, 0.2) is 0 Å². The molecule has 0 spiro atoms. The van der Waals surface area contributed by atoms with Crippen molar-refractivity contribution in [1.29, 1.82) is 0 Å². The van der Waals surface area contributed by atoms with Crippen LogP contribution in [0.4, 0.5) is 0 Å². The van der Waals surface area contributed by atoms with E-state index < -0.39 is 11.9 Å². The fourth-order valence-corrected chi connectivity index (χ4v) is 3.11. The predicted octanol–water partition coefficient (Wildman–Crippen LogP) is 3.44. The van der Waals surface area contributed by atoms with Crippen molar-refractivity contribution in [3.63, 3.8) is 0 Å². The Morgan fingerprint density at radius 3 is 2.16 bits per heavy atom. The van der Waals surface area contributed by atoms with E-state index in [9.17, 15) is 9.59 Å². The van der Waals surface area contributed by atoms with Crippen molar-refractivity contribution >= 4 is 11.9 Å². The van der Waals surface area contributed by atoms with E-state index in [1.807, 2.05) is 0 Å². The highest BCUT2D eigenvalue weighted by Crippen LogP contribution is 2.60. The summed E-state index contributed by atoms with van der Waals surface area (Å²) in [5.74, 6) is 1.05. The van der Waals surface area contributed by atoms with E-state index in [2.05, 4.69) is 43.1 Å². The van der Waals surface area contributed by atoms with Gasteiger partial charge in [0, 0.05) is 25.2 Å². The summed E-state index contributed by atoms with van der Waals surface area (Å²) in [7, 11) is 1.31. The van der Waals surface area contributed by atoms with Crippen molar-refractivity contribution in [2.75, 3.05) is 20.3 Å². The molecule has 142 valence electrons. The van der Waals surface area contributed by atoms with E-state index in [0.717, 1.165) is 24.0 Å². The van der Waals surface area contributed by atoms with Crippen molar-refractivity contribution in [3.05, 3.63) is 37.5 Å². The first-order valence-corrected chi connectivity index (χ1v) is 8.52. The molecule has 3 aliphatic rings. The molecule has 0 heterocycles. The fourth-order valence-electron chi connectivity index (χ4n) is 3.11. The molecule has 3 saturated carbocycles. The average Bonchev–Trinajstić information content (AvgIpc) is 2.61. The molecule has 3 rings (SSSR count). The molecule has 3 fully saturated rings. The summed E-state index contributed by atoms with van der Waals surface area (Å²) in [6, 6.07) is 0. The number of ether oxygens (including phenoxy) is 2. The Bertz CT molecular complexity index is 476. The third-order valence-corrected chi connectivity index (χ3v) is 4.86. The number of esters is 2. The van der Waals surface area contributed by atoms with Gasteiger partial charge in [-0.15, -0.1) is 0 Å². The van der Waals surface area contributed by atoms with E-state index in [0.29, 0.717) is 11.8 Å². The van der Waals surface area contributed by atoms with Gasteiger partial charge in [0.2, 0.25) is 0 Å². The van der Waals surface area contributed by atoms with Gasteiger partial charge in [0.1, 0.15) is 0 Å². The Kier molecular flexibility index (Phi) is 10.8. The lowest BCUT2D eigenvalue weighted by Gasteiger charge is -2.57. The SMILES string of the molecule is C=C1CCC2CC1C2(C)C.C=CC(=O)OC.C=CC(=O)OCCCO. The lowest BCUT2D eigenvalue weighted by molar-refractivity contribution is -0.138. The van der Waals surface area contributed by atoms with E-state index in [-0.39, 0.29) is 13.2 Å². The normalized spacial score (nSPS) is 21.8. The topological polar surface area (TPSA) is 72.8 Å². The van der Waals surface area contributed by atoms with Gasteiger partial charge in [-0.3, -0.25) is 0 Å². The second kappa shape index (κ2) is 11.6. The van der Waals surface area contributed by atoms with Crippen molar-refractivity contribution in [2.45, 2.75) is 39.5 Å². The van der Waals surface area contributed by atoms with Crippen LogP contribution in [-0.2, 0) is 19.1 Å². The molecule has 0 aromatic heterocycles. The molecule has 2 atom stereocenters. The third kappa shape index (κ3) is 7.69. The van der Waals surface area contributed by atoms with Crippen LogP contribution in [0.3, 0.4) is 0 Å². The summed E-state index contributed by atoms with van der Waals surface area (Å²) in [6.07, 6.45) is 6.84. The van der Waals surface area contributed by atoms with Gasteiger partial charge in [0.25, 0.3) is 0 Å². The minimum Gasteiger partial charge on any atom is -0.466 e. The number of allylic oxidation sites excluding steroid dienone is 1. The van der Waals surface area contributed by atoms with E-state index in [4.69, 9.17) is 5.11 Å². The zero-order valence-corrected chi connectivity index (χ0v) is 15.8. The number of hydrogen-bond donors (Lipinski definition) is 1. The van der Waals surface area contributed by atoms with Crippen LogP contribution < -0.4 is 0 Å². The van der Waals surface area contributed by atoms with Crippen molar-refractivity contribution in [3.8, 4) is 0 Å². The number of carbonyl (C=O) groups is 2. The largest absolute Gasteiger partial charge is 0.466 e. The van der Waals surface area contributed by atoms with E-state index in [1.165, 1.54) is 31.9 Å². The maximum atomic E-state index is 10.3. The van der Waals surface area contributed by atoms with Crippen LogP contribution in [0.15, 0.2) is 37.5 Å². The van der Waals surface area contributed by atoms with Crippen LogP contribution in [-0.4, -0.2) is 37.4 Å². The number of carbonyl (C=O) groups excluding carboxylic acids is 2. The molecular weight excluding hydrogens is 320 g/mol. The summed E-state index contributed by atoms with van der Waals surface area (Å²) in [5.41, 5.74) is 2.13. The Morgan fingerprint density at radius 2 is 1.88 bits per heavy atom. The van der Waals surface area contributed by atoms with Crippen LogP contribution in [0.1, 0.15) is 39.5 Å². The molecule has 25 heavy (non-hydrogen) atoms. The minimum atomic E-state index is -0.441. The average molecular weight is 352 g/mol. The first kappa shape index (κ1) is 23.1. The smallest absolute Gasteiger partial charge is 0.330 e. The lowest BCUT2D eigenvalue weighted by atomic mass is 9.47. The molecule has 2 unspecified atom stereocenters. The van der Waals surface area contributed by atoms with Gasteiger partial charge in [0.05, 0.1) is 13.7 Å². The maximum absolute atomic E-state index is 10.3. The number of rotatable bonds is 5. The highest BCUT2D eigenvalue weighted by Gasteiger charge is 2.51. The molecule has 3 aliphatic carbocycles. The number of fused-ring (bicyclic) bond motifs is 2. The summed E-state index contributed by atoms with van der Waals surface area (Å²) < 4.78 is 8.66. The molecule has 0 aromatic rings. The molecule has 0 radical (unpaired) electrons. The minimum absolute atomic E-state index is 0.0461. The summed E-state index contributed by atoms with van der Waals surface area (Å²) in [5, 5.41) is 8.23. The van der Waals surface area contributed by atoms with Crippen LogP contribution in [0.25, 0.3) is 0 Å². The molecule has 5 heteroatoms. The monoisotopic (exact) mass is 352 g/mol. The molecule has 0 aliphatic heterocycles. The van der Waals surface area contributed by atoms with E-state index >= 15 is 0 Å². The van der Waals surface area contributed by atoms with Gasteiger partial charge in [-0.2, -0.15) is 0 Å². The van der Waals surface area contributed by atoms with Crippen molar-refractivity contribution in [2.24, 2.45) is 17.3 Å². The van der Waals surface area contributed by atoms with E-state index in [1.54, 1.807) is 0 Å². The highest BCUT2D eigenvalue weighted by atomic mass is 16.5. The van der Waals surface area contributed by atoms with Gasteiger partial charge in [-0.05, 0) is 36.5 Å². The Labute approximate surface area is 151 Å². The highest BCUT2D eigenvalue weighted by molar-refractivity contribution is 5.81. The standard InChI is InChI=1S/C10H16.C6H10O3.C4H6O2/c1-7-4-5-8-6-9(7)10(8,2)3;1-2-6(8)9-5-3-4-7;1-3-4(5)6-2/h8-9H,1,4-6H2,2-3H3;2,7H,1,3-5H2;3H,1H2,2H3. The Morgan fingerprint density at radius 1 is 1.28 bits per heavy atom. The number of aliphatic hydroxyl groups excluding tert-OH is 1. The second-order valence-electron chi connectivity index (χ2n) is 6.68. The third-order valence-electron chi connectivity index (χ3n) is 4.86. The predicted molar refractivity (Wildman–Crippen MR) is 98.8 cm³/mol. The first-order valence-electron chi connectivity index (χ1n) is 8.52. The van der Waals surface area contributed by atoms with Crippen LogP contribution in [0.2, 0.25) is 0 Å². The second-order valence-corrected chi connectivity index (χ2v) is 6.68. The zero-order chi connectivity index (χ0) is 19.5. The van der Waals surface area contributed by atoms with Gasteiger partial charge in [-0.25, -0.2) is 9.59 Å².